The van der Waals surface area contributed by atoms with Gasteiger partial charge in [0, 0.05) is 0 Å². The van der Waals surface area contributed by atoms with Crippen LogP contribution in [-0.4, -0.2) is 44.5 Å². The van der Waals surface area contributed by atoms with Crippen LogP contribution in [0.5, 0.6) is 11.5 Å². The molecule has 17 heavy (non-hydrogen) atoms. The molecule has 0 radical (unpaired) electrons. The first-order valence-corrected chi connectivity index (χ1v) is 4.75. The number of benzene rings is 1. The third-order valence-corrected chi connectivity index (χ3v) is 2.20. The van der Waals surface area contributed by atoms with Crippen molar-refractivity contribution in [1.82, 2.24) is 0 Å². The highest BCUT2D eigenvalue weighted by Gasteiger charge is 2.22. The summed E-state index contributed by atoms with van der Waals surface area (Å²) in [6.07, 6.45) is 0. The summed E-state index contributed by atoms with van der Waals surface area (Å²) in [6.45, 7) is 0. The molecule has 0 spiro atoms. The van der Waals surface area contributed by atoms with Gasteiger partial charge in [-0.2, -0.15) is 0 Å². The third kappa shape index (κ3) is 2.69. The molecule has 6 nitrogen and oxygen atoms in total. The van der Waals surface area contributed by atoms with Crippen LogP contribution in [0, 0.1) is 0 Å². The Labute approximate surface area is 98.9 Å². The van der Waals surface area contributed by atoms with Crippen LogP contribution in [0.1, 0.15) is 10.4 Å². The largest absolute Gasteiger partial charge is 0.493 e. The Morgan fingerprint density at radius 1 is 1.18 bits per heavy atom. The SMILES string of the molecule is COC(=O)c1cc(B(O)O)cc(OC)c1OC. The maximum atomic E-state index is 11.5. The Balaban J connectivity index is 3.42. The molecular formula is C10H13BO6. The Morgan fingerprint density at radius 3 is 2.24 bits per heavy atom. The fraction of sp³-hybridized carbons (Fsp3) is 0.300. The monoisotopic (exact) mass is 240 g/mol. The average Bonchev–Trinajstić information content (AvgIpc) is 2.35. The molecule has 0 aliphatic rings. The number of hydrogen-bond acceptors (Lipinski definition) is 6. The smallest absolute Gasteiger partial charge is 0.488 e. The van der Waals surface area contributed by atoms with Gasteiger partial charge in [-0.15, -0.1) is 0 Å². The second-order valence-electron chi connectivity index (χ2n) is 3.17. The van der Waals surface area contributed by atoms with Gasteiger partial charge < -0.3 is 24.3 Å². The zero-order chi connectivity index (χ0) is 13.0. The van der Waals surface area contributed by atoms with E-state index in [0.29, 0.717) is 0 Å². The van der Waals surface area contributed by atoms with E-state index >= 15 is 0 Å². The van der Waals surface area contributed by atoms with Gasteiger partial charge in [0.2, 0.25) is 0 Å². The highest BCUT2D eigenvalue weighted by Crippen LogP contribution is 2.30. The molecule has 1 aromatic carbocycles. The standard InChI is InChI=1S/C10H13BO6/c1-15-8-5-6(11(13)14)4-7(9(8)16-2)10(12)17-3/h4-5,13-14H,1-3H3. The number of ether oxygens (including phenoxy) is 3. The van der Waals surface area contributed by atoms with Crippen LogP contribution in [-0.2, 0) is 4.74 Å². The van der Waals surface area contributed by atoms with E-state index in [4.69, 9.17) is 19.5 Å². The first-order valence-electron chi connectivity index (χ1n) is 4.75. The lowest BCUT2D eigenvalue weighted by Gasteiger charge is -2.13. The Hall–Kier alpha value is -1.73. The number of methoxy groups -OCH3 is 3. The summed E-state index contributed by atoms with van der Waals surface area (Å²) in [4.78, 5) is 11.5. The highest BCUT2D eigenvalue weighted by molar-refractivity contribution is 6.58. The molecule has 0 aromatic heterocycles. The molecule has 92 valence electrons. The topological polar surface area (TPSA) is 85.2 Å². The van der Waals surface area contributed by atoms with Crippen molar-refractivity contribution in [3.05, 3.63) is 17.7 Å². The molecule has 1 rings (SSSR count). The molecule has 0 heterocycles. The van der Waals surface area contributed by atoms with Gasteiger partial charge in [0.15, 0.2) is 11.5 Å². The number of carbonyl (C=O) groups excluding carboxylic acids is 1. The van der Waals surface area contributed by atoms with Crippen LogP contribution in [0.2, 0.25) is 0 Å². The van der Waals surface area contributed by atoms with Gasteiger partial charge in [-0.1, -0.05) is 0 Å². The lowest BCUT2D eigenvalue weighted by Crippen LogP contribution is -2.31. The molecule has 7 heteroatoms. The molecule has 0 bridgehead atoms. The van der Waals surface area contributed by atoms with Crippen LogP contribution in [0.25, 0.3) is 0 Å². The Bertz CT molecular complexity index is 418. The zero-order valence-electron chi connectivity index (χ0n) is 9.76. The van der Waals surface area contributed by atoms with Crippen molar-refractivity contribution in [2.24, 2.45) is 0 Å². The molecule has 2 N–H and O–H groups in total. The first kappa shape index (κ1) is 13.3. The molecule has 0 aliphatic carbocycles. The molecule has 0 aliphatic heterocycles. The van der Waals surface area contributed by atoms with Crippen LogP contribution in [0.3, 0.4) is 0 Å². The second kappa shape index (κ2) is 5.56. The lowest BCUT2D eigenvalue weighted by molar-refractivity contribution is 0.0596. The van der Waals surface area contributed by atoms with Gasteiger partial charge in [-0.25, -0.2) is 4.79 Å². The third-order valence-electron chi connectivity index (χ3n) is 2.20. The van der Waals surface area contributed by atoms with Gasteiger partial charge in [-0.05, 0) is 17.6 Å². The first-order chi connectivity index (χ1) is 8.04. The molecule has 1 aromatic rings. The predicted molar refractivity (Wildman–Crippen MR) is 60.7 cm³/mol. The summed E-state index contributed by atoms with van der Waals surface area (Å²) < 4.78 is 14.6. The second-order valence-corrected chi connectivity index (χ2v) is 3.17. The van der Waals surface area contributed by atoms with Crippen molar-refractivity contribution >= 4 is 18.6 Å². The maximum absolute atomic E-state index is 11.5. The minimum atomic E-state index is -1.71. The number of carbonyl (C=O) groups is 1. The minimum Gasteiger partial charge on any atom is -0.493 e. The van der Waals surface area contributed by atoms with Crippen molar-refractivity contribution in [3.63, 3.8) is 0 Å². The summed E-state index contributed by atoms with van der Waals surface area (Å²) in [5.74, 6) is -0.245. The summed E-state index contributed by atoms with van der Waals surface area (Å²) in [5, 5.41) is 18.2. The summed E-state index contributed by atoms with van der Waals surface area (Å²) in [5.41, 5.74) is 0.181. The Kier molecular flexibility index (Phi) is 4.36. The summed E-state index contributed by atoms with van der Waals surface area (Å²) in [6, 6.07) is 2.65. The van der Waals surface area contributed by atoms with E-state index in [1.165, 1.54) is 33.5 Å². The van der Waals surface area contributed by atoms with E-state index in [-0.39, 0.29) is 22.5 Å². The van der Waals surface area contributed by atoms with Crippen molar-refractivity contribution in [2.45, 2.75) is 0 Å². The Morgan fingerprint density at radius 2 is 1.82 bits per heavy atom. The number of esters is 1. The maximum Gasteiger partial charge on any atom is 0.488 e. The van der Waals surface area contributed by atoms with Crippen molar-refractivity contribution in [2.75, 3.05) is 21.3 Å². The van der Waals surface area contributed by atoms with E-state index < -0.39 is 13.1 Å². The quantitative estimate of drug-likeness (QED) is 0.527. The summed E-state index contributed by atoms with van der Waals surface area (Å²) in [7, 11) is 2.26. The van der Waals surface area contributed by atoms with E-state index in [1.807, 2.05) is 0 Å². The van der Waals surface area contributed by atoms with Crippen molar-refractivity contribution in [1.29, 1.82) is 0 Å². The van der Waals surface area contributed by atoms with Gasteiger partial charge in [0.1, 0.15) is 5.56 Å². The van der Waals surface area contributed by atoms with Gasteiger partial charge >= 0.3 is 13.1 Å². The molecule has 0 amide bonds. The molecule has 0 atom stereocenters. The van der Waals surface area contributed by atoms with E-state index in [0.717, 1.165) is 0 Å². The van der Waals surface area contributed by atoms with Gasteiger partial charge in [0.25, 0.3) is 0 Å². The van der Waals surface area contributed by atoms with Crippen LogP contribution < -0.4 is 14.9 Å². The average molecular weight is 240 g/mol. The molecule has 0 fully saturated rings. The van der Waals surface area contributed by atoms with E-state index in [9.17, 15) is 4.79 Å². The predicted octanol–water partition coefficient (Wildman–Crippen LogP) is -0.830. The molecule has 0 saturated heterocycles. The highest BCUT2D eigenvalue weighted by atomic mass is 16.5. The van der Waals surface area contributed by atoms with E-state index in [2.05, 4.69) is 4.74 Å². The minimum absolute atomic E-state index is 0.0671. The van der Waals surface area contributed by atoms with Gasteiger partial charge in [0.05, 0.1) is 21.3 Å². The number of rotatable bonds is 4. The molecular weight excluding hydrogens is 227 g/mol. The molecule has 0 saturated carbocycles. The summed E-state index contributed by atoms with van der Waals surface area (Å²) >= 11 is 0. The van der Waals surface area contributed by atoms with Crippen LogP contribution >= 0.6 is 0 Å². The number of hydrogen-bond donors (Lipinski definition) is 2. The molecule has 0 unspecified atom stereocenters. The lowest BCUT2D eigenvalue weighted by atomic mass is 9.79. The van der Waals surface area contributed by atoms with Crippen LogP contribution in [0.4, 0.5) is 0 Å². The van der Waals surface area contributed by atoms with E-state index in [1.54, 1.807) is 0 Å². The normalized spacial score (nSPS) is 9.71. The van der Waals surface area contributed by atoms with Crippen molar-refractivity contribution in [3.8, 4) is 11.5 Å². The zero-order valence-corrected chi connectivity index (χ0v) is 9.76. The van der Waals surface area contributed by atoms with Crippen LogP contribution in [0.15, 0.2) is 12.1 Å². The fourth-order valence-electron chi connectivity index (χ4n) is 1.40. The fourth-order valence-corrected chi connectivity index (χ4v) is 1.40. The van der Waals surface area contributed by atoms with Crippen molar-refractivity contribution < 1.29 is 29.1 Å². The van der Waals surface area contributed by atoms with Gasteiger partial charge in [-0.3, -0.25) is 0 Å².